The molecular formula is C24H29ClN4O2. The molecule has 3 heterocycles. The quantitative estimate of drug-likeness (QED) is 0.733. The van der Waals surface area contributed by atoms with Gasteiger partial charge < -0.3 is 14.7 Å². The van der Waals surface area contributed by atoms with Gasteiger partial charge in [-0.2, -0.15) is 0 Å². The van der Waals surface area contributed by atoms with Gasteiger partial charge in [0.05, 0.1) is 11.3 Å². The molecule has 2 saturated heterocycles. The number of hydrogen-bond donors (Lipinski definition) is 0. The van der Waals surface area contributed by atoms with Gasteiger partial charge in [0.2, 0.25) is 0 Å². The highest BCUT2D eigenvalue weighted by Gasteiger charge is 2.30. The van der Waals surface area contributed by atoms with Crippen LogP contribution in [0.15, 0.2) is 36.4 Å². The van der Waals surface area contributed by atoms with Gasteiger partial charge in [0.15, 0.2) is 0 Å². The van der Waals surface area contributed by atoms with Gasteiger partial charge in [-0.25, -0.2) is 0 Å². The molecule has 0 unspecified atom stereocenters. The van der Waals surface area contributed by atoms with Gasteiger partial charge in [-0.1, -0.05) is 11.6 Å². The molecule has 1 aromatic carbocycles. The summed E-state index contributed by atoms with van der Waals surface area (Å²) in [5.41, 5.74) is 3.19. The number of amides is 2. The lowest BCUT2D eigenvalue weighted by Gasteiger charge is -2.35. The van der Waals surface area contributed by atoms with Gasteiger partial charge >= 0.3 is 0 Å². The van der Waals surface area contributed by atoms with E-state index in [0.29, 0.717) is 23.7 Å². The van der Waals surface area contributed by atoms with Crippen LogP contribution in [-0.4, -0.2) is 77.8 Å². The van der Waals surface area contributed by atoms with Gasteiger partial charge in [0.1, 0.15) is 0 Å². The molecule has 0 aliphatic carbocycles. The minimum Gasteiger partial charge on any atom is -0.339 e. The third-order valence-electron chi connectivity index (χ3n) is 6.34. The highest BCUT2D eigenvalue weighted by Crippen LogP contribution is 2.31. The molecule has 0 N–H and O–H groups in total. The molecule has 0 bridgehead atoms. The maximum atomic E-state index is 13.3. The summed E-state index contributed by atoms with van der Waals surface area (Å²) < 4.78 is 0. The Morgan fingerprint density at radius 1 is 0.871 bits per heavy atom. The van der Waals surface area contributed by atoms with Crippen molar-refractivity contribution in [1.29, 1.82) is 0 Å². The fraction of sp³-hybridized carbons (Fsp3) is 0.458. The van der Waals surface area contributed by atoms with Crippen LogP contribution in [0.4, 0.5) is 0 Å². The molecule has 4 rings (SSSR count). The van der Waals surface area contributed by atoms with Gasteiger partial charge in [0.25, 0.3) is 11.8 Å². The van der Waals surface area contributed by atoms with Crippen LogP contribution < -0.4 is 0 Å². The van der Waals surface area contributed by atoms with Crippen LogP contribution in [0.5, 0.6) is 0 Å². The molecule has 2 aliphatic heterocycles. The molecule has 164 valence electrons. The average Bonchev–Trinajstić information content (AvgIpc) is 2.79. The lowest BCUT2D eigenvalue weighted by atomic mass is 9.89. The Kier molecular flexibility index (Phi) is 6.58. The van der Waals surface area contributed by atoms with Crippen molar-refractivity contribution in [1.82, 2.24) is 19.7 Å². The second kappa shape index (κ2) is 9.37. The molecule has 1 aromatic heterocycles. The smallest absolute Gasteiger partial charge is 0.255 e. The summed E-state index contributed by atoms with van der Waals surface area (Å²) in [5, 5.41) is 0.623. The van der Waals surface area contributed by atoms with E-state index in [-0.39, 0.29) is 17.7 Å². The number of carbonyl (C=O) groups is 2. The van der Waals surface area contributed by atoms with Crippen LogP contribution in [0.2, 0.25) is 5.02 Å². The molecular weight excluding hydrogens is 412 g/mol. The minimum atomic E-state index is 0.0288. The van der Waals surface area contributed by atoms with Crippen molar-refractivity contribution in [3.8, 4) is 0 Å². The standard InChI is InChI=1S/C24H29ClN4O2/c1-17-3-8-21(24(31)29-15-13-27(2)14-16-29)22(26-17)18-9-11-28(12-10-18)23(30)19-4-6-20(25)7-5-19/h3-8,18H,9-16H2,1-2H3. The van der Waals surface area contributed by atoms with Crippen LogP contribution in [0, 0.1) is 6.92 Å². The van der Waals surface area contributed by atoms with Gasteiger partial charge in [0, 0.05) is 61.5 Å². The second-order valence-corrected chi connectivity index (χ2v) is 8.99. The number of pyridine rings is 1. The highest BCUT2D eigenvalue weighted by molar-refractivity contribution is 6.30. The molecule has 2 fully saturated rings. The monoisotopic (exact) mass is 440 g/mol. The van der Waals surface area contributed by atoms with E-state index < -0.39 is 0 Å². The van der Waals surface area contributed by atoms with Crippen molar-refractivity contribution >= 4 is 23.4 Å². The fourth-order valence-electron chi connectivity index (χ4n) is 4.38. The number of likely N-dealkylation sites (tertiary alicyclic amines) is 1. The van der Waals surface area contributed by atoms with Crippen molar-refractivity contribution in [2.24, 2.45) is 0 Å². The van der Waals surface area contributed by atoms with E-state index in [1.165, 1.54) is 0 Å². The van der Waals surface area contributed by atoms with Crippen molar-refractivity contribution in [3.05, 3.63) is 63.9 Å². The van der Waals surface area contributed by atoms with Gasteiger partial charge in [-0.05, 0) is 63.2 Å². The summed E-state index contributed by atoms with van der Waals surface area (Å²) in [4.78, 5) is 36.9. The Labute approximate surface area is 188 Å². The Balaban J connectivity index is 1.47. The number of piperazine rings is 1. The predicted octanol–water partition coefficient (Wildman–Crippen LogP) is 3.45. The molecule has 2 amide bonds. The number of rotatable bonds is 3. The number of nitrogens with zero attached hydrogens (tertiary/aromatic N) is 4. The van der Waals surface area contributed by atoms with Gasteiger partial charge in [-0.3, -0.25) is 14.6 Å². The van der Waals surface area contributed by atoms with Crippen molar-refractivity contribution in [2.75, 3.05) is 46.3 Å². The van der Waals surface area contributed by atoms with E-state index in [9.17, 15) is 9.59 Å². The van der Waals surface area contributed by atoms with Crippen molar-refractivity contribution < 1.29 is 9.59 Å². The highest BCUT2D eigenvalue weighted by atomic mass is 35.5. The molecule has 0 atom stereocenters. The number of likely N-dealkylation sites (N-methyl/N-ethyl adjacent to an activating group) is 1. The zero-order valence-corrected chi connectivity index (χ0v) is 18.9. The number of aryl methyl sites for hydroxylation is 1. The SMILES string of the molecule is Cc1ccc(C(=O)N2CCN(C)CC2)c(C2CCN(C(=O)c3ccc(Cl)cc3)CC2)n1. The lowest BCUT2D eigenvalue weighted by molar-refractivity contribution is 0.0654. The zero-order valence-electron chi connectivity index (χ0n) is 18.2. The van der Waals surface area contributed by atoms with Crippen molar-refractivity contribution in [2.45, 2.75) is 25.7 Å². The van der Waals surface area contributed by atoms with E-state index in [4.69, 9.17) is 16.6 Å². The Hall–Kier alpha value is -2.44. The van der Waals surface area contributed by atoms with Crippen LogP contribution in [0.25, 0.3) is 0 Å². The number of hydrogen-bond acceptors (Lipinski definition) is 4. The van der Waals surface area contributed by atoms with E-state index >= 15 is 0 Å². The zero-order chi connectivity index (χ0) is 22.0. The van der Waals surface area contributed by atoms with Gasteiger partial charge in [-0.15, -0.1) is 0 Å². The summed E-state index contributed by atoms with van der Waals surface area (Å²) in [5.74, 6) is 0.289. The third kappa shape index (κ3) is 4.91. The van der Waals surface area contributed by atoms with Crippen molar-refractivity contribution in [3.63, 3.8) is 0 Å². The maximum absolute atomic E-state index is 13.3. The van der Waals surface area contributed by atoms with Crippen LogP contribution >= 0.6 is 11.6 Å². The lowest BCUT2D eigenvalue weighted by Crippen LogP contribution is -2.47. The molecule has 0 saturated carbocycles. The topological polar surface area (TPSA) is 56.8 Å². The first kappa shape index (κ1) is 21.8. The Bertz CT molecular complexity index is 947. The predicted molar refractivity (Wildman–Crippen MR) is 122 cm³/mol. The first-order valence-electron chi connectivity index (χ1n) is 10.9. The van der Waals surface area contributed by atoms with E-state index in [0.717, 1.165) is 56.0 Å². The van der Waals surface area contributed by atoms with E-state index in [1.54, 1.807) is 24.3 Å². The Morgan fingerprint density at radius 3 is 2.13 bits per heavy atom. The number of aromatic nitrogens is 1. The van der Waals surface area contributed by atoms with Crippen LogP contribution in [0.1, 0.15) is 50.9 Å². The van der Waals surface area contributed by atoms with Crippen LogP contribution in [0.3, 0.4) is 0 Å². The minimum absolute atomic E-state index is 0.0288. The second-order valence-electron chi connectivity index (χ2n) is 8.55. The number of halogens is 1. The molecule has 6 nitrogen and oxygen atoms in total. The fourth-order valence-corrected chi connectivity index (χ4v) is 4.51. The summed E-state index contributed by atoms with van der Waals surface area (Å²) in [6.07, 6.45) is 1.61. The van der Waals surface area contributed by atoms with Crippen LogP contribution in [-0.2, 0) is 0 Å². The molecule has 0 radical (unpaired) electrons. The first-order valence-corrected chi connectivity index (χ1v) is 11.3. The summed E-state index contributed by atoms with van der Waals surface area (Å²) in [6, 6.07) is 10.9. The van der Waals surface area contributed by atoms with E-state index in [2.05, 4.69) is 11.9 Å². The molecule has 31 heavy (non-hydrogen) atoms. The Morgan fingerprint density at radius 2 is 1.48 bits per heavy atom. The van der Waals surface area contributed by atoms with E-state index in [1.807, 2.05) is 28.9 Å². The summed E-state index contributed by atoms with van der Waals surface area (Å²) >= 11 is 5.94. The number of benzene rings is 1. The number of carbonyl (C=O) groups excluding carboxylic acids is 2. The summed E-state index contributed by atoms with van der Waals surface area (Å²) in [7, 11) is 2.08. The third-order valence-corrected chi connectivity index (χ3v) is 6.60. The molecule has 2 aromatic rings. The molecule has 7 heteroatoms. The average molecular weight is 441 g/mol. The largest absolute Gasteiger partial charge is 0.339 e. The molecule has 2 aliphatic rings. The summed E-state index contributed by atoms with van der Waals surface area (Å²) in [6.45, 7) is 6.56. The maximum Gasteiger partial charge on any atom is 0.255 e. The number of piperidine rings is 1. The molecule has 0 spiro atoms. The normalized spacial score (nSPS) is 18.3. The first-order chi connectivity index (χ1) is 14.9.